The summed E-state index contributed by atoms with van der Waals surface area (Å²) in [4.78, 5) is 16.7. The van der Waals surface area contributed by atoms with E-state index in [1.54, 1.807) is 24.9 Å². The number of thioether (sulfide) groups is 1. The van der Waals surface area contributed by atoms with Gasteiger partial charge in [-0.15, -0.1) is 11.8 Å². The molecule has 1 aromatic carbocycles. The first kappa shape index (κ1) is 12.8. The normalized spacial score (nSPS) is 12.1. The third-order valence-corrected chi connectivity index (χ3v) is 3.82. The number of ketones is 1. The van der Waals surface area contributed by atoms with E-state index in [-0.39, 0.29) is 11.0 Å². The molecule has 3 heteroatoms. The van der Waals surface area contributed by atoms with Gasteiger partial charge in [0, 0.05) is 29.0 Å². The summed E-state index contributed by atoms with van der Waals surface area (Å²) >= 11 is 1.71. The molecule has 1 aromatic heterocycles. The predicted octanol–water partition coefficient (Wildman–Crippen LogP) is 3.89. The molecular weight excluding hydrogens is 242 g/mol. The monoisotopic (exact) mass is 257 g/mol. The topological polar surface area (TPSA) is 30.0 Å². The van der Waals surface area contributed by atoms with Gasteiger partial charge in [-0.25, -0.2) is 0 Å². The van der Waals surface area contributed by atoms with E-state index in [0.29, 0.717) is 6.42 Å². The Labute approximate surface area is 111 Å². The Kier molecular flexibility index (Phi) is 4.53. The lowest BCUT2D eigenvalue weighted by Gasteiger charge is -2.15. The number of rotatable bonds is 5. The number of carbonyl (C=O) groups excluding carboxylic acids is 1. The maximum Gasteiger partial charge on any atom is 0.131 e. The van der Waals surface area contributed by atoms with Crippen LogP contribution in [-0.2, 0) is 4.79 Å². The average molecular weight is 257 g/mol. The Bertz CT molecular complexity index is 498. The molecule has 1 unspecified atom stereocenters. The second-order valence-corrected chi connectivity index (χ2v) is 5.39. The van der Waals surface area contributed by atoms with Crippen LogP contribution in [0.3, 0.4) is 0 Å². The predicted molar refractivity (Wildman–Crippen MR) is 74.6 cm³/mol. The number of benzene rings is 1. The van der Waals surface area contributed by atoms with Gasteiger partial charge in [0.05, 0.1) is 0 Å². The molecule has 0 amide bonds. The molecule has 18 heavy (non-hydrogen) atoms. The zero-order chi connectivity index (χ0) is 12.8. The maximum atomic E-state index is 11.4. The molecule has 2 nitrogen and oxygen atoms in total. The van der Waals surface area contributed by atoms with Crippen LogP contribution in [0.1, 0.15) is 24.2 Å². The first-order chi connectivity index (χ1) is 8.75. The van der Waals surface area contributed by atoms with E-state index in [1.807, 2.05) is 36.5 Å². The molecule has 92 valence electrons. The molecule has 0 spiro atoms. The second kappa shape index (κ2) is 6.36. The molecule has 0 radical (unpaired) electrons. The van der Waals surface area contributed by atoms with Gasteiger partial charge in [-0.05, 0) is 30.7 Å². The van der Waals surface area contributed by atoms with Crippen molar-refractivity contribution in [2.75, 3.05) is 0 Å². The molecule has 1 atom stereocenters. The van der Waals surface area contributed by atoms with Gasteiger partial charge >= 0.3 is 0 Å². The van der Waals surface area contributed by atoms with Crippen LogP contribution in [0.5, 0.6) is 0 Å². The molecular formula is C15H15NOS. The number of pyridine rings is 1. The van der Waals surface area contributed by atoms with Gasteiger partial charge < -0.3 is 0 Å². The Hall–Kier alpha value is -1.61. The average Bonchev–Trinajstić information content (AvgIpc) is 2.40. The highest BCUT2D eigenvalue weighted by Crippen LogP contribution is 2.37. The highest BCUT2D eigenvalue weighted by atomic mass is 32.2. The van der Waals surface area contributed by atoms with Crippen LogP contribution in [0.4, 0.5) is 0 Å². The summed E-state index contributed by atoms with van der Waals surface area (Å²) in [5.74, 6) is 0.201. The quantitative estimate of drug-likeness (QED) is 0.761. The third kappa shape index (κ3) is 3.70. The van der Waals surface area contributed by atoms with Gasteiger partial charge in [0.2, 0.25) is 0 Å². The van der Waals surface area contributed by atoms with Crippen molar-refractivity contribution in [3.8, 4) is 0 Å². The summed E-state index contributed by atoms with van der Waals surface area (Å²) < 4.78 is 0. The minimum atomic E-state index is 0.138. The van der Waals surface area contributed by atoms with Crippen molar-refractivity contribution in [3.63, 3.8) is 0 Å². The van der Waals surface area contributed by atoms with E-state index in [1.165, 1.54) is 4.90 Å². The van der Waals surface area contributed by atoms with E-state index >= 15 is 0 Å². The van der Waals surface area contributed by atoms with Gasteiger partial charge in [0.1, 0.15) is 5.78 Å². The number of hydrogen-bond donors (Lipinski definition) is 0. The summed E-state index contributed by atoms with van der Waals surface area (Å²) in [6.45, 7) is 1.63. The number of aromatic nitrogens is 1. The van der Waals surface area contributed by atoms with Crippen LogP contribution in [0.25, 0.3) is 0 Å². The lowest BCUT2D eigenvalue weighted by molar-refractivity contribution is -0.117. The Morgan fingerprint density at radius 1 is 1.22 bits per heavy atom. The van der Waals surface area contributed by atoms with Crippen LogP contribution in [0.2, 0.25) is 0 Å². The van der Waals surface area contributed by atoms with Crippen LogP contribution >= 0.6 is 11.8 Å². The van der Waals surface area contributed by atoms with Crippen LogP contribution in [0, 0.1) is 0 Å². The molecule has 2 aromatic rings. The van der Waals surface area contributed by atoms with Crippen molar-refractivity contribution in [1.29, 1.82) is 0 Å². The Morgan fingerprint density at radius 2 is 2.00 bits per heavy atom. The van der Waals surface area contributed by atoms with Crippen LogP contribution in [-0.4, -0.2) is 10.8 Å². The molecule has 0 bridgehead atoms. The fourth-order valence-electron chi connectivity index (χ4n) is 1.72. The number of carbonyl (C=O) groups is 1. The second-order valence-electron chi connectivity index (χ2n) is 4.11. The van der Waals surface area contributed by atoms with Gasteiger partial charge in [0.15, 0.2) is 0 Å². The SMILES string of the molecule is CC(=O)CC(Sc1ccccc1)c1cccnc1. The molecule has 0 aliphatic carbocycles. The van der Waals surface area contributed by atoms with Gasteiger partial charge in [-0.3, -0.25) is 9.78 Å². The minimum Gasteiger partial charge on any atom is -0.300 e. The van der Waals surface area contributed by atoms with E-state index in [9.17, 15) is 4.79 Å². The van der Waals surface area contributed by atoms with Crippen molar-refractivity contribution in [3.05, 3.63) is 60.4 Å². The van der Waals surface area contributed by atoms with E-state index < -0.39 is 0 Å². The Morgan fingerprint density at radius 3 is 2.61 bits per heavy atom. The molecule has 0 N–H and O–H groups in total. The van der Waals surface area contributed by atoms with Crippen LogP contribution < -0.4 is 0 Å². The zero-order valence-electron chi connectivity index (χ0n) is 10.2. The standard InChI is InChI=1S/C15H15NOS/c1-12(17)10-15(13-6-5-9-16-11-13)18-14-7-3-2-4-8-14/h2-9,11,15H,10H2,1H3. The molecule has 0 fully saturated rings. The molecule has 0 aliphatic rings. The number of Topliss-reactive ketones (excluding diaryl/α,β-unsaturated/α-hetero) is 1. The first-order valence-corrected chi connectivity index (χ1v) is 6.75. The smallest absolute Gasteiger partial charge is 0.131 e. The fraction of sp³-hybridized carbons (Fsp3) is 0.200. The first-order valence-electron chi connectivity index (χ1n) is 5.87. The summed E-state index contributed by atoms with van der Waals surface area (Å²) in [7, 11) is 0. The molecule has 2 rings (SSSR count). The van der Waals surface area contributed by atoms with Crippen LogP contribution in [0.15, 0.2) is 59.8 Å². The van der Waals surface area contributed by atoms with E-state index in [2.05, 4.69) is 17.1 Å². The van der Waals surface area contributed by atoms with Gasteiger partial charge in [-0.1, -0.05) is 24.3 Å². The van der Waals surface area contributed by atoms with Crippen molar-refractivity contribution >= 4 is 17.5 Å². The lowest BCUT2D eigenvalue weighted by Crippen LogP contribution is -2.01. The largest absolute Gasteiger partial charge is 0.300 e. The van der Waals surface area contributed by atoms with Gasteiger partial charge in [-0.2, -0.15) is 0 Å². The zero-order valence-corrected chi connectivity index (χ0v) is 11.1. The van der Waals surface area contributed by atoms with Crippen molar-refractivity contribution < 1.29 is 4.79 Å². The summed E-state index contributed by atoms with van der Waals surface area (Å²) in [5.41, 5.74) is 1.10. The van der Waals surface area contributed by atoms with Crippen molar-refractivity contribution in [2.45, 2.75) is 23.5 Å². The minimum absolute atomic E-state index is 0.138. The molecule has 1 heterocycles. The summed E-state index contributed by atoms with van der Waals surface area (Å²) in [6.07, 6.45) is 4.12. The lowest BCUT2D eigenvalue weighted by atomic mass is 10.1. The van der Waals surface area contributed by atoms with Gasteiger partial charge in [0.25, 0.3) is 0 Å². The summed E-state index contributed by atoms with van der Waals surface area (Å²) in [5, 5.41) is 0.138. The number of hydrogen-bond acceptors (Lipinski definition) is 3. The van der Waals surface area contributed by atoms with Crippen molar-refractivity contribution in [1.82, 2.24) is 4.98 Å². The highest BCUT2D eigenvalue weighted by Gasteiger charge is 2.15. The van der Waals surface area contributed by atoms with E-state index in [4.69, 9.17) is 0 Å². The number of nitrogens with zero attached hydrogens (tertiary/aromatic N) is 1. The van der Waals surface area contributed by atoms with E-state index in [0.717, 1.165) is 5.56 Å². The third-order valence-electron chi connectivity index (χ3n) is 2.55. The highest BCUT2D eigenvalue weighted by molar-refractivity contribution is 7.99. The summed E-state index contributed by atoms with van der Waals surface area (Å²) in [6, 6.07) is 14.1. The molecule has 0 saturated carbocycles. The Balaban J connectivity index is 2.18. The molecule has 0 aliphatic heterocycles. The molecule has 0 saturated heterocycles. The van der Waals surface area contributed by atoms with Crippen molar-refractivity contribution in [2.24, 2.45) is 0 Å². The fourth-order valence-corrected chi connectivity index (χ4v) is 2.95. The maximum absolute atomic E-state index is 11.4.